The van der Waals surface area contributed by atoms with Gasteiger partial charge in [0.25, 0.3) is 0 Å². The van der Waals surface area contributed by atoms with Crippen molar-refractivity contribution in [3.63, 3.8) is 0 Å². The van der Waals surface area contributed by atoms with Crippen molar-refractivity contribution in [2.75, 3.05) is 39.8 Å². The molecule has 0 aliphatic carbocycles. The van der Waals surface area contributed by atoms with E-state index in [-0.39, 0.29) is 6.04 Å². The molecule has 1 saturated heterocycles. The molecule has 4 heterocycles. The van der Waals surface area contributed by atoms with Gasteiger partial charge in [-0.1, -0.05) is 35.6 Å². The summed E-state index contributed by atoms with van der Waals surface area (Å²) in [5.41, 5.74) is 4.27. The second-order valence-electron chi connectivity index (χ2n) is 8.72. The zero-order valence-electron chi connectivity index (χ0n) is 19.4. The second-order valence-corrected chi connectivity index (χ2v) is 10.2. The predicted octanol–water partition coefficient (Wildman–Crippen LogP) is 4.11. The summed E-state index contributed by atoms with van der Waals surface area (Å²) in [4.78, 5) is 11.0. The highest BCUT2D eigenvalue weighted by Gasteiger charge is 2.30. The first-order valence-corrected chi connectivity index (χ1v) is 12.4. The number of benzene rings is 1. The van der Waals surface area contributed by atoms with Gasteiger partial charge in [-0.05, 0) is 45.5 Å². The number of aliphatic imine (C=N–C) groups is 1. The Morgan fingerprint density at radius 3 is 2.55 bits per heavy atom. The maximum absolute atomic E-state index is 6.17. The number of thiophene rings is 1. The lowest BCUT2D eigenvalue weighted by Crippen LogP contribution is -2.44. The van der Waals surface area contributed by atoms with E-state index in [1.54, 1.807) is 11.3 Å². The molecule has 2 aliphatic heterocycles. The van der Waals surface area contributed by atoms with Crippen LogP contribution in [-0.2, 0) is 0 Å². The molecule has 6 nitrogen and oxygen atoms in total. The Kier molecular flexibility index (Phi) is 6.11. The summed E-state index contributed by atoms with van der Waals surface area (Å²) in [7, 11) is 2.17. The molecule has 170 valence electrons. The molecule has 1 aromatic carbocycles. The quantitative estimate of drug-likeness (QED) is 0.520. The third-order valence-electron chi connectivity index (χ3n) is 6.33. The van der Waals surface area contributed by atoms with Crippen molar-refractivity contribution >= 4 is 28.6 Å². The molecule has 1 atom stereocenters. The van der Waals surface area contributed by atoms with Crippen LogP contribution in [0.25, 0.3) is 5.00 Å². The summed E-state index contributed by atoms with van der Waals surface area (Å²) < 4.78 is 2.15. The van der Waals surface area contributed by atoms with Gasteiger partial charge in [0.1, 0.15) is 16.9 Å². The molecule has 0 radical (unpaired) electrons. The Labute approximate surface area is 203 Å². The standard InChI is InChI=1S/C25H27ClN6S/c1-16-21(6-5-11-31-14-12-30(4)13-15-31)33-25-22(16)23(19-7-9-20(26)10-8-19)27-17(2)24-29-28-18(3)32(24)25/h7-10,17H,11-15H2,1-4H3/t17-/m0/s1. The topological polar surface area (TPSA) is 49.6 Å². The number of aromatic nitrogens is 3. The van der Waals surface area contributed by atoms with Crippen molar-refractivity contribution < 1.29 is 0 Å². The maximum Gasteiger partial charge on any atom is 0.162 e. The van der Waals surface area contributed by atoms with Gasteiger partial charge >= 0.3 is 0 Å². The van der Waals surface area contributed by atoms with Crippen molar-refractivity contribution in [3.05, 3.63) is 62.5 Å². The van der Waals surface area contributed by atoms with Crippen LogP contribution in [0, 0.1) is 25.7 Å². The number of rotatable bonds is 2. The Balaban J connectivity index is 1.57. The summed E-state index contributed by atoms with van der Waals surface area (Å²) in [5.74, 6) is 8.61. The molecule has 2 aromatic heterocycles. The van der Waals surface area contributed by atoms with E-state index in [0.717, 1.165) is 76.7 Å². The number of hydrogen-bond acceptors (Lipinski definition) is 6. The smallest absolute Gasteiger partial charge is 0.162 e. The number of piperazine rings is 1. The highest BCUT2D eigenvalue weighted by Crippen LogP contribution is 2.38. The minimum atomic E-state index is -0.109. The fourth-order valence-electron chi connectivity index (χ4n) is 4.33. The Morgan fingerprint density at radius 1 is 1.09 bits per heavy atom. The van der Waals surface area contributed by atoms with Gasteiger partial charge in [-0.25, -0.2) is 0 Å². The Morgan fingerprint density at radius 2 is 1.82 bits per heavy atom. The fraction of sp³-hybridized carbons (Fsp3) is 0.400. The van der Waals surface area contributed by atoms with Crippen molar-refractivity contribution in [2.45, 2.75) is 26.8 Å². The molecule has 2 aliphatic rings. The van der Waals surface area contributed by atoms with Crippen LogP contribution in [0.1, 0.15) is 46.2 Å². The summed E-state index contributed by atoms with van der Waals surface area (Å²) >= 11 is 7.87. The van der Waals surface area contributed by atoms with E-state index in [2.05, 4.69) is 57.3 Å². The molecular weight excluding hydrogens is 452 g/mol. The van der Waals surface area contributed by atoms with Gasteiger partial charge in [0.2, 0.25) is 0 Å². The molecule has 0 N–H and O–H groups in total. The van der Waals surface area contributed by atoms with Crippen LogP contribution < -0.4 is 0 Å². The number of hydrogen-bond donors (Lipinski definition) is 0. The van der Waals surface area contributed by atoms with Gasteiger partial charge in [0, 0.05) is 42.3 Å². The van der Waals surface area contributed by atoms with Gasteiger partial charge in [-0.2, -0.15) is 0 Å². The molecule has 1 fully saturated rings. The second kappa shape index (κ2) is 9.03. The van der Waals surface area contributed by atoms with Crippen molar-refractivity contribution in [1.29, 1.82) is 0 Å². The van der Waals surface area contributed by atoms with Crippen molar-refractivity contribution in [3.8, 4) is 16.8 Å². The van der Waals surface area contributed by atoms with Crippen LogP contribution in [-0.4, -0.2) is 70.0 Å². The summed E-state index contributed by atoms with van der Waals surface area (Å²) in [6.45, 7) is 11.3. The molecule has 0 unspecified atom stereocenters. The van der Waals surface area contributed by atoms with Crippen LogP contribution in [0.4, 0.5) is 0 Å². The highest BCUT2D eigenvalue weighted by molar-refractivity contribution is 7.15. The number of fused-ring (bicyclic) bond motifs is 3. The normalized spacial score (nSPS) is 18.7. The summed E-state index contributed by atoms with van der Waals surface area (Å²) in [6, 6.07) is 7.79. The lowest BCUT2D eigenvalue weighted by atomic mass is 9.99. The molecule has 3 aromatic rings. The minimum Gasteiger partial charge on any atom is -0.304 e. The predicted molar refractivity (Wildman–Crippen MR) is 135 cm³/mol. The Bertz CT molecular complexity index is 1270. The van der Waals surface area contributed by atoms with Crippen LogP contribution >= 0.6 is 22.9 Å². The number of likely N-dealkylation sites (N-methyl/N-ethyl adjacent to an activating group) is 1. The lowest BCUT2D eigenvalue weighted by Gasteiger charge is -2.30. The van der Waals surface area contributed by atoms with Crippen molar-refractivity contribution in [1.82, 2.24) is 24.6 Å². The number of nitrogens with zero attached hydrogens (tertiary/aromatic N) is 6. The van der Waals surface area contributed by atoms with Crippen LogP contribution in [0.15, 0.2) is 29.3 Å². The molecule has 33 heavy (non-hydrogen) atoms. The van der Waals surface area contributed by atoms with Gasteiger partial charge in [0.15, 0.2) is 5.82 Å². The van der Waals surface area contributed by atoms with E-state index < -0.39 is 0 Å². The van der Waals surface area contributed by atoms with Crippen LogP contribution in [0.2, 0.25) is 5.02 Å². The minimum absolute atomic E-state index is 0.109. The van der Waals surface area contributed by atoms with Crippen LogP contribution in [0.3, 0.4) is 0 Å². The van der Waals surface area contributed by atoms with E-state index in [1.807, 2.05) is 31.2 Å². The zero-order chi connectivity index (χ0) is 23.1. The lowest BCUT2D eigenvalue weighted by molar-refractivity contribution is 0.168. The van der Waals surface area contributed by atoms with Gasteiger partial charge in [-0.15, -0.1) is 21.5 Å². The molecule has 0 amide bonds. The molecule has 0 spiro atoms. The third-order valence-corrected chi connectivity index (χ3v) is 7.78. The summed E-state index contributed by atoms with van der Waals surface area (Å²) in [6.07, 6.45) is 0. The third kappa shape index (κ3) is 4.24. The molecule has 8 heteroatoms. The average molecular weight is 479 g/mol. The largest absolute Gasteiger partial charge is 0.304 e. The first kappa shape index (κ1) is 22.3. The average Bonchev–Trinajstić information content (AvgIpc) is 3.30. The van der Waals surface area contributed by atoms with Gasteiger partial charge < -0.3 is 4.90 Å². The van der Waals surface area contributed by atoms with Gasteiger partial charge in [-0.3, -0.25) is 14.5 Å². The fourth-order valence-corrected chi connectivity index (χ4v) is 5.70. The van der Waals surface area contributed by atoms with E-state index in [0.29, 0.717) is 5.02 Å². The zero-order valence-corrected chi connectivity index (χ0v) is 21.0. The van der Waals surface area contributed by atoms with Gasteiger partial charge in [0.05, 0.1) is 17.1 Å². The van der Waals surface area contributed by atoms with E-state index in [4.69, 9.17) is 16.6 Å². The summed E-state index contributed by atoms with van der Waals surface area (Å²) in [5, 5.41) is 10.6. The number of halogens is 1. The van der Waals surface area contributed by atoms with E-state index in [9.17, 15) is 0 Å². The Hall–Kier alpha value is -2.50. The maximum atomic E-state index is 6.17. The molecular formula is C25H27ClN6S. The van der Waals surface area contributed by atoms with Crippen molar-refractivity contribution in [2.24, 2.45) is 4.99 Å². The molecule has 5 rings (SSSR count). The first-order chi connectivity index (χ1) is 15.9. The molecule has 0 saturated carbocycles. The number of aryl methyl sites for hydroxylation is 1. The van der Waals surface area contributed by atoms with E-state index >= 15 is 0 Å². The highest BCUT2D eigenvalue weighted by atomic mass is 35.5. The molecule has 0 bridgehead atoms. The first-order valence-electron chi connectivity index (χ1n) is 11.2. The van der Waals surface area contributed by atoms with Crippen LogP contribution in [0.5, 0.6) is 0 Å². The monoisotopic (exact) mass is 478 g/mol. The van der Waals surface area contributed by atoms with E-state index in [1.165, 1.54) is 0 Å². The SMILES string of the molecule is Cc1c(C#CCN2CCN(C)CC2)sc2c1C(c1ccc(Cl)cc1)=N[C@@H](C)c1nnc(C)n1-2.